The van der Waals surface area contributed by atoms with Crippen LogP contribution in [0, 0.1) is 0 Å². The molecule has 3 heteroatoms. The number of nitrogens with zero attached hydrogens (tertiary/aromatic N) is 1. The van der Waals surface area contributed by atoms with Gasteiger partial charge in [0.25, 0.3) is 0 Å². The van der Waals surface area contributed by atoms with E-state index in [-0.39, 0.29) is 12.1 Å². The molecule has 0 radical (unpaired) electrons. The topological polar surface area (TPSA) is 23.5 Å². The molecule has 0 aromatic heterocycles. The van der Waals surface area contributed by atoms with Crippen LogP contribution in [-0.4, -0.2) is 29.7 Å². The Hall–Kier alpha value is -0.380. The summed E-state index contributed by atoms with van der Waals surface area (Å²) in [7, 11) is 2.06. The summed E-state index contributed by atoms with van der Waals surface area (Å²) in [6.07, 6.45) is 0.626. The van der Waals surface area contributed by atoms with Crippen LogP contribution >= 0.6 is 15.9 Å². The molecule has 14 heavy (non-hydrogen) atoms. The molecular weight excluding hydrogens is 242 g/mol. The standard InChI is InChI=1S/C11H14BrNO/c1-13-7-6-10(14)11(13)8-4-2-3-5-9(8)12/h2-5,10-11,14H,6-7H2,1H3. The SMILES string of the molecule is CN1CCC(O)C1c1ccccc1Br. The van der Waals surface area contributed by atoms with Crippen LogP contribution in [0.25, 0.3) is 0 Å². The minimum Gasteiger partial charge on any atom is -0.391 e. The van der Waals surface area contributed by atoms with E-state index in [2.05, 4.69) is 33.9 Å². The van der Waals surface area contributed by atoms with Crippen molar-refractivity contribution in [2.24, 2.45) is 0 Å². The zero-order valence-corrected chi connectivity index (χ0v) is 9.74. The maximum atomic E-state index is 9.87. The zero-order valence-electron chi connectivity index (χ0n) is 8.15. The normalized spacial score (nSPS) is 28.2. The molecule has 1 aromatic carbocycles. The minimum atomic E-state index is -0.237. The minimum absolute atomic E-state index is 0.144. The second kappa shape index (κ2) is 4.01. The molecule has 1 saturated heterocycles. The van der Waals surface area contributed by atoms with Gasteiger partial charge < -0.3 is 5.11 Å². The Bertz CT molecular complexity index is 319. The van der Waals surface area contributed by atoms with Gasteiger partial charge in [-0.25, -0.2) is 0 Å². The van der Waals surface area contributed by atoms with E-state index in [4.69, 9.17) is 0 Å². The van der Waals surface area contributed by atoms with Crippen molar-refractivity contribution in [2.45, 2.75) is 18.6 Å². The van der Waals surface area contributed by atoms with Gasteiger partial charge in [-0.2, -0.15) is 0 Å². The highest BCUT2D eigenvalue weighted by molar-refractivity contribution is 9.10. The van der Waals surface area contributed by atoms with Crippen molar-refractivity contribution in [3.63, 3.8) is 0 Å². The highest BCUT2D eigenvalue weighted by Crippen LogP contribution is 2.34. The fraction of sp³-hybridized carbons (Fsp3) is 0.455. The first-order chi connectivity index (χ1) is 6.70. The van der Waals surface area contributed by atoms with Crippen molar-refractivity contribution in [1.29, 1.82) is 0 Å². The van der Waals surface area contributed by atoms with Crippen molar-refractivity contribution >= 4 is 15.9 Å². The van der Waals surface area contributed by atoms with Crippen LogP contribution in [0.5, 0.6) is 0 Å². The van der Waals surface area contributed by atoms with Crippen LogP contribution in [0.1, 0.15) is 18.0 Å². The van der Waals surface area contributed by atoms with Crippen molar-refractivity contribution in [1.82, 2.24) is 4.90 Å². The number of hydrogen-bond donors (Lipinski definition) is 1. The summed E-state index contributed by atoms with van der Waals surface area (Å²) < 4.78 is 1.08. The third kappa shape index (κ3) is 1.72. The molecule has 1 aliphatic heterocycles. The van der Waals surface area contributed by atoms with Crippen molar-refractivity contribution in [3.8, 4) is 0 Å². The van der Waals surface area contributed by atoms with Gasteiger partial charge in [-0.1, -0.05) is 34.1 Å². The van der Waals surface area contributed by atoms with Gasteiger partial charge in [0.15, 0.2) is 0 Å². The molecular formula is C11H14BrNO. The molecule has 0 aliphatic carbocycles. The predicted molar refractivity (Wildman–Crippen MR) is 60.1 cm³/mol. The van der Waals surface area contributed by atoms with Gasteiger partial charge in [-0.15, -0.1) is 0 Å². The summed E-state index contributed by atoms with van der Waals surface area (Å²) in [6, 6.07) is 8.24. The van der Waals surface area contributed by atoms with Gasteiger partial charge in [0.1, 0.15) is 0 Å². The molecule has 2 rings (SSSR count). The summed E-state index contributed by atoms with van der Waals surface area (Å²) in [5.41, 5.74) is 1.18. The lowest BCUT2D eigenvalue weighted by Gasteiger charge is -2.23. The number of aliphatic hydroxyl groups is 1. The fourth-order valence-corrected chi connectivity index (χ4v) is 2.61. The summed E-state index contributed by atoms with van der Waals surface area (Å²) in [5.74, 6) is 0. The molecule has 0 bridgehead atoms. The van der Waals surface area contributed by atoms with Gasteiger partial charge in [0.2, 0.25) is 0 Å². The zero-order chi connectivity index (χ0) is 10.1. The van der Waals surface area contributed by atoms with Gasteiger partial charge in [-0.05, 0) is 25.1 Å². The number of halogens is 1. The first-order valence-corrected chi connectivity index (χ1v) is 5.62. The van der Waals surface area contributed by atoms with Crippen LogP contribution in [0.15, 0.2) is 28.7 Å². The summed E-state index contributed by atoms with van der Waals surface area (Å²) in [4.78, 5) is 2.20. The number of rotatable bonds is 1. The maximum absolute atomic E-state index is 9.87. The number of hydrogen-bond acceptors (Lipinski definition) is 2. The van der Waals surface area contributed by atoms with E-state index >= 15 is 0 Å². The number of likely N-dealkylation sites (tertiary alicyclic amines) is 1. The molecule has 1 aliphatic rings. The molecule has 1 fully saturated rings. The molecule has 0 spiro atoms. The molecule has 0 saturated carbocycles. The average Bonchev–Trinajstić information content (AvgIpc) is 2.48. The average molecular weight is 256 g/mol. The Morgan fingerprint density at radius 2 is 2.14 bits per heavy atom. The summed E-state index contributed by atoms with van der Waals surface area (Å²) in [5, 5.41) is 9.87. The van der Waals surface area contributed by atoms with E-state index in [1.807, 2.05) is 18.2 Å². The lowest BCUT2D eigenvalue weighted by molar-refractivity contribution is 0.127. The van der Waals surface area contributed by atoms with Crippen LogP contribution in [0.2, 0.25) is 0 Å². The summed E-state index contributed by atoms with van der Waals surface area (Å²) in [6.45, 7) is 0.965. The Balaban J connectivity index is 2.34. The van der Waals surface area contributed by atoms with Gasteiger partial charge in [0.05, 0.1) is 12.1 Å². The van der Waals surface area contributed by atoms with Crippen molar-refractivity contribution < 1.29 is 5.11 Å². The van der Waals surface area contributed by atoms with Crippen LogP contribution in [0.3, 0.4) is 0 Å². The molecule has 76 valence electrons. The van der Waals surface area contributed by atoms with Crippen molar-refractivity contribution in [2.75, 3.05) is 13.6 Å². The smallest absolute Gasteiger partial charge is 0.0749 e. The Labute approximate surface area is 92.7 Å². The Morgan fingerprint density at radius 1 is 1.43 bits per heavy atom. The lowest BCUT2D eigenvalue weighted by atomic mass is 10.0. The largest absolute Gasteiger partial charge is 0.391 e. The van der Waals surface area contributed by atoms with Crippen molar-refractivity contribution in [3.05, 3.63) is 34.3 Å². The quantitative estimate of drug-likeness (QED) is 0.832. The molecule has 1 heterocycles. The second-order valence-electron chi connectivity index (χ2n) is 3.80. The summed E-state index contributed by atoms with van der Waals surface area (Å²) >= 11 is 3.52. The van der Waals surface area contributed by atoms with Crippen LogP contribution in [-0.2, 0) is 0 Å². The van der Waals surface area contributed by atoms with Gasteiger partial charge >= 0.3 is 0 Å². The molecule has 1 N–H and O–H groups in total. The molecule has 1 aromatic rings. The molecule has 0 amide bonds. The highest BCUT2D eigenvalue weighted by atomic mass is 79.9. The van der Waals surface area contributed by atoms with Gasteiger partial charge in [0, 0.05) is 11.0 Å². The Kier molecular flexibility index (Phi) is 2.91. The number of likely N-dealkylation sites (N-methyl/N-ethyl adjacent to an activating group) is 1. The fourth-order valence-electron chi connectivity index (χ4n) is 2.09. The van der Waals surface area contributed by atoms with Crippen LogP contribution in [0.4, 0.5) is 0 Å². The molecule has 2 nitrogen and oxygen atoms in total. The highest BCUT2D eigenvalue weighted by Gasteiger charge is 2.32. The monoisotopic (exact) mass is 255 g/mol. The van der Waals surface area contributed by atoms with E-state index in [0.717, 1.165) is 17.4 Å². The predicted octanol–water partition coefficient (Wildman–Crippen LogP) is 2.19. The second-order valence-corrected chi connectivity index (χ2v) is 4.66. The molecule has 2 unspecified atom stereocenters. The first kappa shape index (κ1) is 10.1. The van der Waals surface area contributed by atoms with Gasteiger partial charge in [-0.3, -0.25) is 4.90 Å². The number of aliphatic hydroxyl groups excluding tert-OH is 1. The van der Waals surface area contributed by atoms with E-state index < -0.39 is 0 Å². The Morgan fingerprint density at radius 3 is 2.71 bits per heavy atom. The van der Waals surface area contributed by atoms with E-state index in [1.54, 1.807) is 0 Å². The third-order valence-electron chi connectivity index (χ3n) is 2.84. The van der Waals surface area contributed by atoms with E-state index in [1.165, 1.54) is 5.56 Å². The lowest BCUT2D eigenvalue weighted by Crippen LogP contribution is -2.23. The third-order valence-corrected chi connectivity index (χ3v) is 3.56. The molecule has 2 atom stereocenters. The first-order valence-electron chi connectivity index (χ1n) is 4.83. The maximum Gasteiger partial charge on any atom is 0.0749 e. The number of benzene rings is 1. The van der Waals surface area contributed by atoms with E-state index in [0.29, 0.717) is 0 Å². The van der Waals surface area contributed by atoms with E-state index in [9.17, 15) is 5.11 Å². The van der Waals surface area contributed by atoms with Crippen LogP contribution < -0.4 is 0 Å².